The number of amides is 1. The van der Waals surface area contributed by atoms with Crippen LogP contribution in [0.4, 0.5) is 0 Å². The molecule has 0 fully saturated rings. The Balaban J connectivity index is 1.79. The van der Waals surface area contributed by atoms with Crippen LogP contribution in [0.15, 0.2) is 42.7 Å². The van der Waals surface area contributed by atoms with Crippen LogP contribution in [0, 0.1) is 0 Å². The molecule has 2 rings (SSSR count). The van der Waals surface area contributed by atoms with Gasteiger partial charge in [-0.2, -0.15) is 5.10 Å². The number of nitrogens with one attached hydrogen (secondary N) is 1. The fourth-order valence-electron chi connectivity index (χ4n) is 1.77. The molecule has 0 spiro atoms. The van der Waals surface area contributed by atoms with Crippen LogP contribution in [-0.4, -0.2) is 27.3 Å². The van der Waals surface area contributed by atoms with Gasteiger partial charge in [0.05, 0.1) is 0 Å². The summed E-state index contributed by atoms with van der Waals surface area (Å²) >= 11 is 0. The second kappa shape index (κ2) is 6.04. The van der Waals surface area contributed by atoms with E-state index in [2.05, 4.69) is 10.4 Å². The van der Waals surface area contributed by atoms with E-state index in [1.807, 2.05) is 19.1 Å². The first-order valence-electron chi connectivity index (χ1n) is 6.21. The summed E-state index contributed by atoms with van der Waals surface area (Å²) in [6, 6.07) is 8.46. The third-order valence-corrected chi connectivity index (χ3v) is 2.95. The minimum atomic E-state index is -0.310. The van der Waals surface area contributed by atoms with Crippen molar-refractivity contribution in [3.8, 4) is 5.75 Å². The van der Waals surface area contributed by atoms with E-state index in [4.69, 9.17) is 5.11 Å². The Hall–Kier alpha value is -2.30. The molecular weight excluding hydrogens is 242 g/mol. The zero-order chi connectivity index (χ0) is 13.7. The Morgan fingerprint density at radius 1 is 1.42 bits per heavy atom. The van der Waals surface area contributed by atoms with Gasteiger partial charge in [0.1, 0.15) is 11.8 Å². The maximum Gasteiger partial charge on any atom is 0.244 e. The number of phenols is 1. The molecule has 0 aliphatic rings. The number of hydrogen-bond acceptors (Lipinski definition) is 3. The van der Waals surface area contributed by atoms with Crippen LogP contribution in [0.2, 0.25) is 0 Å². The van der Waals surface area contributed by atoms with Crippen LogP contribution < -0.4 is 5.32 Å². The van der Waals surface area contributed by atoms with Gasteiger partial charge in [-0.1, -0.05) is 12.1 Å². The predicted octanol–water partition coefficient (Wildman–Crippen LogP) is 1.51. The normalized spacial score (nSPS) is 12.1. The van der Waals surface area contributed by atoms with Gasteiger partial charge in [0, 0.05) is 18.9 Å². The molecule has 5 heteroatoms. The van der Waals surface area contributed by atoms with Gasteiger partial charge in [0.25, 0.3) is 0 Å². The van der Waals surface area contributed by atoms with Crippen LogP contribution >= 0.6 is 0 Å². The lowest BCUT2D eigenvalue weighted by Gasteiger charge is -2.12. The minimum Gasteiger partial charge on any atom is -0.508 e. The first kappa shape index (κ1) is 13.1. The summed E-state index contributed by atoms with van der Waals surface area (Å²) in [5, 5.41) is 16.1. The summed E-state index contributed by atoms with van der Waals surface area (Å²) in [5.74, 6) is 0.197. The Morgan fingerprint density at radius 2 is 2.16 bits per heavy atom. The summed E-state index contributed by atoms with van der Waals surface area (Å²) in [6.45, 7) is 2.37. The van der Waals surface area contributed by atoms with E-state index in [0.29, 0.717) is 6.54 Å². The molecule has 5 nitrogen and oxygen atoms in total. The Bertz CT molecular complexity index is 520. The minimum absolute atomic E-state index is 0.0533. The average molecular weight is 259 g/mol. The number of carbonyl (C=O) groups is 1. The monoisotopic (exact) mass is 259 g/mol. The lowest BCUT2D eigenvalue weighted by atomic mass is 10.1. The van der Waals surface area contributed by atoms with E-state index in [9.17, 15) is 4.79 Å². The fraction of sp³-hybridized carbons (Fsp3) is 0.286. The summed E-state index contributed by atoms with van der Waals surface area (Å²) in [6.07, 6.45) is 4.16. The summed E-state index contributed by atoms with van der Waals surface area (Å²) < 4.78 is 1.62. The highest BCUT2D eigenvalue weighted by Crippen LogP contribution is 2.09. The van der Waals surface area contributed by atoms with E-state index in [0.717, 1.165) is 12.0 Å². The van der Waals surface area contributed by atoms with Gasteiger partial charge in [-0.15, -0.1) is 0 Å². The number of rotatable bonds is 5. The summed E-state index contributed by atoms with van der Waals surface area (Å²) in [7, 11) is 0. The summed E-state index contributed by atoms with van der Waals surface area (Å²) in [4.78, 5) is 11.9. The highest BCUT2D eigenvalue weighted by Gasteiger charge is 2.13. The average Bonchev–Trinajstić information content (AvgIpc) is 2.94. The summed E-state index contributed by atoms with van der Waals surface area (Å²) in [5.41, 5.74) is 1.07. The molecule has 0 aliphatic carbocycles. The lowest BCUT2D eigenvalue weighted by molar-refractivity contribution is -0.124. The van der Waals surface area contributed by atoms with E-state index >= 15 is 0 Å². The van der Waals surface area contributed by atoms with Crippen LogP contribution in [-0.2, 0) is 11.2 Å². The molecule has 100 valence electrons. The lowest BCUT2D eigenvalue weighted by Crippen LogP contribution is -2.32. The molecule has 0 aliphatic heterocycles. The maximum atomic E-state index is 11.9. The molecule has 19 heavy (non-hydrogen) atoms. The van der Waals surface area contributed by atoms with Crippen LogP contribution in [0.1, 0.15) is 18.5 Å². The highest BCUT2D eigenvalue weighted by molar-refractivity contribution is 5.79. The molecular formula is C14H17N3O2. The van der Waals surface area contributed by atoms with Crippen molar-refractivity contribution in [2.45, 2.75) is 19.4 Å². The SMILES string of the molecule is C[C@@H](C(=O)NCCc1ccc(O)cc1)n1cccn1. The number of benzene rings is 1. The van der Waals surface area contributed by atoms with Crippen LogP contribution in [0.3, 0.4) is 0 Å². The zero-order valence-corrected chi connectivity index (χ0v) is 10.8. The van der Waals surface area contributed by atoms with Gasteiger partial charge >= 0.3 is 0 Å². The number of hydrogen-bond donors (Lipinski definition) is 2. The Labute approximate surface area is 111 Å². The first-order valence-corrected chi connectivity index (χ1v) is 6.21. The molecule has 0 saturated carbocycles. The van der Waals surface area contributed by atoms with Crippen molar-refractivity contribution in [2.24, 2.45) is 0 Å². The number of phenolic OH excluding ortho intramolecular Hbond substituents is 1. The van der Waals surface area contributed by atoms with Crippen LogP contribution in [0.25, 0.3) is 0 Å². The van der Waals surface area contributed by atoms with E-state index in [-0.39, 0.29) is 17.7 Å². The molecule has 1 aromatic carbocycles. The number of nitrogens with zero attached hydrogens (tertiary/aromatic N) is 2. The second-order valence-electron chi connectivity index (χ2n) is 4.37. The van der Waals surface area contributed by atoms with Crippen molar-refractivity contribution in [3.63, 3.8) is 0 Å². The molecule has 0 bridgehead atoms. The molecule has 1 aromatic heterocycles. The fourth-order valence-corrected chi connectivity index (χ4v) is 1.77. The molecule has 1 heterocycles. The molecule has 0 unspecified atom stereocenters. The van der Waals surface area contributed by atoms with Crippen molar-refractivity contribution in [1.82, 2.24) is 15.1 Å². The zero-order valence-electron chi connectivity index (χ0n) is 10.8. The molecule has 0 saturated heterocycles. The third kappa shape index (κ3) is 3.58. The number of aromatic hydroxyl groups is 1. The molecule has 0 radical (unpaired) electrons. The van der Waals surface area contributed by atoms with Crippen molar-refractivity contribution < 1.29 is 9.90 Å². The van der Waals surface area contributed by atoms with Crippen molar-refractivity contribution >= 4 is 5.91 Å². The van der Waals surface area contributed by atoms with Crippen molar-refractivity contribution in [3.05, 3.63) is 48.3 Å². The molecule has 2 N–H and O–H groups in total. The molecule has 1 amide bonds. The Kier molecular flexibility index (Phi) is 4.18. The Morgan fingerprint density at radius 3 is 2.79 bits per heavy atom. The number of aromatic nitrogens is 2. The highest BCUT2D eigenvalue weighted by atomic mass is 16.3. The van der Waals surface area contributed by atoms with Gasteiger partial charge < -0.3 is 10.4 Å². The van der Waals surface area contributed by atoms with Crippen molar-refractivity contribution in [1.29, 1.82) is 0 Å². The third-order valence-electron chi connectivity index (χ3n) is 2.95. The van der Waals surface area contributed by atoms with Crippen LogP contribution in [0.5, 0.6) is 5.75 Å². The van der Waals surface area contributed by atoms with E-state index in [1.165, 1.54) is 0 Å². The van der Waals surface area contributed by atoms with Gasteiger partial charge in [0.2, 0.25) is 5.91 Å². The largest absolute Gasteiger partial charge is 0.508 e. The number of carbonyl (C=O) groups excluding carboxylic acids is 1. The molecule has 2 aromatic rings. The van der Waals surface area contributed by atoms with Gasteiger partial charge in [-0.05, 0) is 37.1 Å². The van der Waals surface area contributed by atoms with E-state index < -0.39 is 0 Å². The predicted molar refractivity (Wildman–Crippen MR) is 71.8 cm³/mol. The van der Waals surface area contributed by atoms with Gasteiger partial charge in [-0.25, -0.2) is 0 Å². The smallest absolute Gasteiger partial charge is 0.244 e. The van der Waals surface area contributed by atoms with E-state index in [1.54, 1.807) is 35.3 Å². The molecule has 1 atom stereocenters. The quantitative estimate of drug-likeness (QED) is 0.855. The maximum absolute atomic E-state index is 11.9. The second-order valence-corrected chi connectivity index (χ2v) is 4.37. The first-order chi connectivity index (χ1) is 9.16. The van der Waals surface area contributed by atoms with Gasteiger partial charge in [-0.3, -0.25) is 9.48 Å². The standard InChI is InChI=1S/C14H17N3O2/c1-11(17-10-2-8-16-17)14(19)15-9-7-12-3-5-13(18)6-4-12/h2-6,8,10-11,18H,7,9H2,1H3,(H,15,19)/t11-/m0/s1. The van der Waals surface area contributed by atoms with Crippen molar-refractivity contribution in [2.75, 3.05) is 6.54 Å². The van der Waals surface area contributed by atoms with Gasteiger partial charge in [0.15, 0.2) is 0 Å². The topological polar surface area (TPSA) is 67.2 Å².